The average molecular weight is 197 g/mol. The second kappa shape index (κ2) is 5.13. The van der Waals surface area contributed by atoms with Crippen molar-refractivity contribution in [3.63, 3.8) is 0 Å². The summed E-state index contributed by atoms with van der Waals surface area (Å²) >= 11 is 0. The fourth-order valence-corrected chi connectivity index (χ4v) is 2.06. The molecule has 1 N–H and O–H groups in total. The molecule has 1 amide bonds. The van der Waals surface area contributed by atoms with Crippen LogP contribution in [0.2, 0.25) is 0 Å². The predicted molar refractivity (Wildman–Crippen MR) is 54.9 cm³/mol. The van der Waals surface area contributed by atoms with Crippen molar-refractivity contribution in [2.45, 2.75) is 52.0 Å². The van der Waals surface area contributed by atoms with Crippen LogP contribution in [-0.4, -0.2) is 17.7 Å². The van der Waals surface area contributed by atoms with Gasteiger partial charge in [0.1, 0.15) is 0 Å². The highest BCUT2D eigenvalue weighted by Crippen LogP contribution is 2.26. The molecule has 0 heterocycles. The summed E-state index contributed by atoms with van der Waals surface area (Å²) < 4.78 is 0. The lowest BCUT2D eigenvalue weighted by atomic mass is 9.84. The van der Waals surface area contributed by atoms with Crippen LogP contribution >= 0.6 is 0 Å². The molecule has 3 heteroatoms. The zero-order chi connectivity index (χ0) is 10.6. The van der Waals surface area contributed by atoms with Crippen LogP contribution in [0, 0.1) is 5.92 Å². The number of Topliss-reactive ketones (excluding diaryl/α,β-unsaturated/α-hetero) is 1. The fraction of sp³-hybridized carbons (Fsp3) is 0.818. The summed E-state index contributed by atoms with van der Waals surface area (Å²) in [6, 6.07) is 0.145. The van der Waals surface area contributed by atoms with Crippen LogP contribution in [0.3, 0.4) is 0 Å². The lowest BCUT2D eigenvalue weighted by Crippen LogP contribution is -2.41. The maximum absolute atomic E-state index is 11.1. The van der Waals surface area contributed by atoms with E-state index in [2.05, 4.69) is 5.32 Å². The Bertz CT molecular complexity index is 219. The first-order valence-corrected chi connectivity index (χ1v) is 5.42. The van der Waals surface area contributed by atoms with Gasteiger partial charge in [-0.3, -0.25) is 9.59 Å². The standard InChI is InChI=1S/C11H19NO2/c1-8(12-11(14)9(2)13)10-6-4-3-5-7-10/h8,10H,3-7H2,1-2H3,(H,12,14). The third-order valence-electron chi connectivity index (χ3n) is 3.04. The Morgan fingerprint density at radius 2 is 1.79 bits per heavy atom. The molecule has 80 valence electrons. The SMILES string of the molecule is CC(=O)C(=O)NC(C)C1CCCCC1. The molecular weight excluding hydrogens is 178 g/mol. The van der Waals surface area contributed by atoms with E-state index >= 15 is 0 Å². The largest absolute Gasteiger partial charge is 0.347 e. The number of rotatable bonds is 3. The number of ketones is 1. The zero-order valence-corrected chi connectivity index (χ0v) is 9.01. The van der Waals surface area contributed by atoms with Gasteiger partial charge in [0.25, 0.3) is 5.91 Å². The number of hydrogen-bond acceptors (Lipinski definition) is 2. The van der Waals surface area contributed by atoms with E-state index in [1.807, 2.05) is 6.92 Å². The minimum Gasteiger partial charge on any atom is -0.347 e. The van der Waals surface area contributed by atoms with Gasteiger partial charge in [-0.1, -0.05) is 19.3 Å². The Morgan fingerprint density at radius 1 is 1.21 bits per heavy atom. The molecule has 0 aromatic rings. The zero-order valence-electron chi connectivity index (χ0n) is 9.01. The molecule has 1 saturated carbocycles. The molecule has 1 rings (SSSR count). The van der Waals surface area contributed by atoms with Crippen molar-refractivity contribution in [2.75, 3.05) is 0 Å². The van der Waals surface area contributed by atoms with E-state index in [1.165, 1.54) is 39.0 Å². The maximum atomic E-state index is 11.1. The first-order valence-electron chi connectivity index (χ1n) is 5.42. The van der Waals surface area contributed by atoms with Crippen LogP contribution in [0.1, 0.15) is 46.0 Å². The van der Waals surface area contributed by atoms with Gasteiger partial charge in [-0.15, -0.1) is 0 Å². The van der Waals surface area contributed by atoms with Crippen molar-refractivity contribution in [1.29, 1.82) is 0 Å². The van der Waals surface area contributed by atoms with E-state index in [-0.39, 0.29) is 6.04 Å². The number of amides is 1. The smallest absolute Gasteiger partial charge is 0.287 e. The van der Waals surface area contributed by atoms with Crippen molar-refractivity contribution < 1.29 is 9.59 Å². The first-order chi connectivity index (χ1) is 6.61. The van der Waals surface area contributed by atoms with Crippen LogP contribution in [0.15, 0.2) is 0 Å². The van der Waals surface area contributed by atoms with Crippen molar-refractivity contribution in [2.24, 2.45) is 5.92 Å². The summed E-state index contributed by atoms with van der Waals surface area (Å²) in [4.78, 5) is 21.9. The fourth-order valence-electron chi connectivity index (χ4n) is 2.06. The van der Waals surface area contributed by atoms with Crippen molar-refractivity contribution >= 4 is 11.7 Å². The van der Waals surface area contributed by atoms with Crippen LogP contribution in [-0.2, 0) is 9.59 Å². The van der Waals surface area contributed by atoms with Crippen LogP contribution in [0.25, 0.3) is 0 Å². The Hall–Kier alpha value is -0.860. The molecule has 3 nitrogen and oxygen atoms in total. The van der Waals surface area contributed by atoms with E-state index in [1.54, 1.807) is 0 Å². The number of hydrogen-bond donors (Lipinski definition) is 1. The molecule has 14 heavy (non-hydrogen) atoms. The second-order valence-electron chi connectivity index (χ2n) is 4.22. The summed E-state index contributed by atoms with van der Waals surface area (Å²) in [5.41, 5.74) is 0. The van der Waals surface area contributed by atoms with Gasteiger partial charge >= 0.3 is 0 Å². The molecule has 0 radical (unpaired) electrons. The molecule has 1 unspecified atom stereocenters. The van der Waals surface area contributed by atoms with Crippen LogP contribution in [0.5, 0.6) is 0 Å². The Balaban J connectivity index is 2.36. The van der Waals surface area contributed by atoms with E-state index in [0.29, 0.717) is 5.92 Å². The highest BCUT2D eigenvalue weighted by atomic mass is 16.2. The molecular formula is C11H19NO2. The first kappa shape index (κ1) is 11.2. The summed E-state index contributed by atoms with van der Waals surface area (Å²) in [5, 5.41) is 2.76. The molecule has 0 spiro atoms. The van der Waals surface area contributed by atoms with E-state index in [0.717, 1.165) is 0 Å². The Kier molecular flexibility index (Phi) is 4.11. The average Bonchev–Trinajstić information content (AvgIpc) is 2.19. The molecule has 0 saturated heterocycles. The van der Waals surface area contributed by atoms with Gasteiger partial charge < -0.3 is 5.32 Å². The second-order valence-corrected chi connectivity index (χ2v) is 4.22. The predicted octanol–water partition coefficient (Wildman–Crippen LogP) is 1.66. The van der Waals surface area contributed by atoms with Crippen molar-refractivity contribution in [3.8, 4) is 0 Å². The minimum absolute atomic E-state index is 0.145. The van der Waals surface area contributed by atoms with Gasteiger partial charge in [0.15, 0.2) is 0 Å². The van der Waals surface area contributed by atoms with E-state index in [4.69, 9.17) is 0 Å². The molecule has 0 aromatic heterocycles. The molecule has 1 aliphatic rings. The Labute approximate surface area is 85.3 Å². The quantitative estimate of drug-likeness (QED) is 0.699. The molecule has 1 fully saturated rings. The number of carbonyl (C=O) groups excluding carboxylic acids is 2. The third-order valence-corrected chi connectivity index (χ3v) is 3.04. The molecule has 0 bridgehead atoms. The maximum Gasteiger partial charge on any atom is 0.287 e. The van der Waals surface area contributed by atoms with Crippen LogP contribution < -0.4 is 5.32 Å². The van der Waals surface area contributed by atoms with E-state index in [9.17, 15) is 9.59 Å². The lowest BCUT2D eigenvalue weighted by molar-refractivity contribution is -0.137. The summed E-state index contributed by atoms with van der Waals surface area (Å²) in [6.07, 6.45) is 6.18. The van der Waals surface area contributed by atoms with E-state index < -0.39 is 11.7 Å². The Morgan fingerprint density at radius 3 is 2.29 bits per heavy atom. The van der Waals surface area contributed by atoms with Crippen molar-refractivity contribution in [1.82, 2.24) is 5.32 Å². The van der Waals surface area contributed by atoms with Gasteiger partial charge in [-0.25, -0.2) is 0 Å². The minimum atomic E-state index is -0.442. The van der Waals surface area contributed by atoms with Crippen LogP contribution in [0.4, 0.5) is 0 Å². The number of nitrogens with one attached hydrogen (secondary N) is 1. The lowest BCUT2D eigenvalue weighted by Gasteiger charge is -2.27. The molecule has 1 atom stereocenters. The summed E-state index contributed by atoms with van der Waals surface area (Å²) in [7, 11) is 0. The van der Waals surface area contributed by atoms with Gasteiger partial charge in [-0.05, 0) is 25.7 Å². The topological polar surface area (TPSA) is 46.2 Å². The monoisotopic (exact) mass is 197 g/mol. The summed E-state index contributed by atoms with van der Waals surface area (Å²) in [6.45, 7) is 3.31. The normalized spacial score (nSPS) is 20.1. The van der Waals surface area contributed by atoms with Gasteiger partial charge in [0.05, 0.1) is 0 Å². The molecule has 1 aliphatic carbocycles. The van der Waals surface area contributed by atoms with Gasteiger partial charge in [-0.2, -0.15) is 0 Å². The highest BCUT2D eigenvalue weighted by molar-refractivity contribution is 6.35. The van der Waals surface area contributed by atoms with Crippen molar-refractivity contribution in [3.05, 3.63) is 0 Å². The van der Waals surface area contributed by atoms with Gasteiger partial charge in [0.2, 0.25) is 5.78 Å². The highest BCUT2D eigenvalue weighted by Gasteiger charge is 2.22. The molecule has 0 aliphatic heterocycles. The molecule has 0 aromatic carbocycles. The third kappa shape index (κ3) is 3.13. The summed E-state index contributed by atoms with van der Waals surface area (Å²) in [5.74, 6) is -0.275. The number of carbonyl (C=O) groups is 2. The van der Waals surface area contributed by atoms with Gasteiger partial charge in [0, 0.05) is 13.0 Å².